The number of nitrogens with one attached hydrogen (secondary N) is 1. The zero-order chi connectivity index (χ0) is 15.9. The number of carbonyl (C=O) groups excluding carboxylic acids is 1. The van der Waals surface area contributed by atoms with E-state index in [2.05, 4.69) is 27.1 Å². The van der Waals surface area contributed by atoms with E-state index >= 15 is 0 Å². The van der Waals surface area contributed by atoms with Crippen molar-refractivity contribution in [3.63, 3.8) is 0 Å². The molecule has 3 heterocycles. The standard InChI is InChI=1S/C18H22N2O2S/c21-18(6-5-16-4-2-9-22-16)20-17(11-14-7-10-23-13-14)15-3-1-8-19-12-15/h1,3,7-8,10,12-13,16-17H,2,4-6,9,11H2,(H,20,21)/t16-,17+/m1/s1. The van der Waals surface area contributed by atoms with Crippen LogP contribution in [0.5, 0.6) is 0 Å². The zero-order valence-electron chi connectivity index (χ0n) is 13.1. The molecule has 2 aromatic rings. The fourth-order valence-electron chi connectivity index (χ4n) is 2.91. The van der Waals surface area contributed by atoms with Crippen molar-refractivity contribution >= 4 is 17.2 Å². The molecule has 1 fully saturated rings. The minimum absolute atomic E-state index is 0.0321. The highest BCUT2D eigenvalue weighted by Crippen LogP contribution is 2.21. The lowest BCUT2D eigenvalue weighted by Crippen LogP contribution is -2.30. The lowest BCUT2D eigenvalue weighted by atomic mass is 10.0. The molecule has 0 bridgehead atoms. The second kappa shape index (κ2) is 8.22. The van der Waals surface area contributed by atoms with Crippen LogP contribution in [0.4, 0.5) is 0 Å². The van der Waals surface area contributed by atoms with Crippen molar-refractivity contribution in [2.24, 2.45) is 0 Å². The molecule has 5 heteroatoms. The van der Waals surface area contributed by atoms with Crippen LogP contribution in [0.1, 0.15) is 42.9 Å². The van der Waals surface area contributed by atoms with E-state index in [0.717, 1.165) is 37.9 Å². The fourth-order valence-corrected chi connectivity index (χ4v) is 3.59. The van der Waals surface area contributed by atoms with Crippen molar-refractivity contribution in [1.82, 2.24) is 10.3 Å². The number of ether oxygens (including phenoxy) is 1. The smallest absolute Gasteiger partial charge is 0.220 e. The molecule has 3 rings (SSSR count). The summed E-state index contributed by atoms with van der Waals surface area (Å²) in [6.07, 6.45) is 8.16. The first-order valence-corrected chi connectivity index (χ1v) is 9.07. The van der Waals surface area contributed by atoms with E-state index in [9.17, 15) is 4.79 Å². The second-order valence-electron chi connectivity index (χ2n) is 5.92. The quantitative estimate of drug-likeness (QED) is 0.845. The van der Waals surface area contributed by atoms with Gasteiger partial charge in [0.05, 0.1) is 12.1 Å². The van der Waals surface area contributed by atoms with Crippen molar-refractivity contribution in [2.45, 2.75) is 44.2 Å². The third kappa shape index (κ3) is 4.88. The van der Waals surface area contributed by atoms with Gasteiger partial charge in [0, 0.05) is 25.4 Å². The molecule has 0 saturated carbocycles. The molecule has 1 amide bonds. The third-order valence-corrected chi connectivity index (χ3v) is 4.89. The monoisotopic (exact) mass is 330 g/mol. The number of hydrogen-bond acceptors (Lipinski definition) is 4. The molecule has 0 aromatic carbocycles. The predicted octanol–water partition coefficient (Wildman–Crippen LogP) is 3.50. The van der Waals surface area contributed by atoms with Gasteiger partial charge in [0.1, 0.15) is 0 Å². The topological polar surface area (TPSA) is 51.2 Å². The summed E-state index contributed by atoms with van der Waals surface area (Å²) in [5.41, 5.74) is 2.28. The zero-order valence-corrected chi connectivity index (χ0v) is 13.9. The first kappa shape index (κ1) is 16.1. The van der Waals surface area contributed by atoms with Gasteiger partial charge >= 0.3 is 0 Å². The number of aromatic nitrogens is 1. The van der Waals surface area contributed by atoms with Crippen LogP contribution in [-0.4, -0.2) is 23.6 Å². The summed E-state index contributed by atoms with van der Waals surface area (Å²) in [5, 5.41) is 7.36. The molecule has 1 aliphatic heterocycles. The van der Waals surface area contributed by atoms with Crippen LogP contribution in [0.15, 0.2) is 41.4 Å². The molecule has 1 aliphatic rings. The number of amides is 1. The number of hydrogen-bond donors (Lipinski definition) is 1. The van der Waals surface area contributed by atoms with E-state index in [4.69, 9.17) is 4.74 Å². The summed E-state index contributed by atoms with van der Waals surface area (Å²) in [6, 6.07) is 6.00. The van der Waals surface area contributed by atoms with Gasteiger partial charge in [0.25, 0.3) is 0 Å². The van der Waals surface area contributed by atoms with Crippen LogP contribution < -0.4 is 5.32 Å². The van der Waals surface area contributed by atoms with Gasteiger partial charge < -0.3 is 10.1 Å². The summed E-state index contributed by atoms with van der Waals surface area (Å²) in [4.78, 5) is 16.5. The van der Waals surface area contributed by atoms with Crippen LogP contribution in [-0.2, 0) is 16.0 Å². The van der Waals surface area contributed by atoms with Gasteiger partial charge in [-0.1, -0.05) is 6.07 Å². The Labute approximate surface area is 140 Å². The third-order valence-electron chi connectivity index (χ3n) is 4.16. The Morgan fingerprint density at radius 1 is 1.48 bits per heavy atom. The summed E-state index contributed by atoms with van der Waals surface area (Å²) >= 11 is 1.68. The maximum Gasteiger partial charge on any atom is 0.220 e. The number of nitrogens with zero attached hydrogens (tertiary/aromatic N) is 1. The molecular weight excluding hydrogens is 308 g/mol. The van der Waals surface area contributed by atoms with Crippen molar-refractivity contribution in [2.75, 3.05) is 6.61 Å². The highest BCUT2D eigenvalue weighted by molar-refractivity contribution is 7.07. The van der Waals surface area contributed by atoms with Crippen LogP contribution in [0.3, 0.4) is 0 Å². The Kier molecular flexibility index (Phi) is 5.77. The minimum Gasteiger partial charge on any atom is -0.378 e. The minimum atomic E-state index is -0.0321. The highest BCUT2D eigenvalue weighted by Gasteiger charge is 2.19. The number of rotatable bonds is 7. The maximum atomic E-state index is 12.3. The predicted molar refractivity (Wildman–Crippen MR) is 91.4 cm³/mol. The average molecular weight is 330 g/mol. The second-order valence-corrected chi connectivity index (χ2v) is 6.70. The highest BCUT2D eigenvalue weighted by atomic mass is 32.1. The van der Waals surface area contributed by atoms with Gasteiger partial charge in [-0.15, -0.1) is 0 Å². The van der Waals surface area contributed by atoms with Crippen molar-refractivity contribution in [1.29, 1.82) is 0 Å². The van der Waals surface area contributed by atoms with E-state index in [-0.39, 0.29) is 18.1 Å². The van der Waals surface area contributed by atoms with Gasteiger partial charge in [-0.25, -0.2) is 0 Å². The molecule has 2 atom stereocenters. The molecule has 0 aliphatic carbocycles. The summed E-state index contributed by atoms with van der Waals surface area (Å²) in [7, 11) is 0. The molecular formula is C18H22N2O2S. The average Bonchev–Trinajstić information content (AvgIpc) is 3.27. The van der Waals surface area contributed by atoms with Crippen LogP contribution in [0.25, 0.3) is 0 Å². The molecule has 23 heavy (non-hydrogen) atoms. The Balaban J connectivity index is 1.59. The normalized spacial score (nSPS) is 18.7. The van der Waals surface area contributed by atoms with Crippen LogP contribution >= 0.6 is 11.3 Å². The molecule has 4 nitrogen and oxygen atoms in total. The molecule has 2 aromatic heterocycles. The summed E-state index contributed by atoms with van der Waals surface area (Å²) in [5.74, 6) is 0.0876. The number of thiophene rings is 1. The molecule has 0 spiro atoms. The lowest BCUT2D eigenvalue weighted by Gasteiger charge is -2.19. The molecule has 0 radical (unpaired) electrons. The van der Waals surface area contributed by atoms with E-state index in [1.54, 1.807) is 17.5 Å². The molecule has 122 valence electrons. The van der Waals surface area contributed by atoms with Gasteiger partial charge in [-0.2, -0.15) is 11.3 Å². The van der Waals surface area contributed by atoms with Crippen LogP contribution in [0, 0.1) is 0 Å². The van der Waals surface area contributed by atoms with E-state index in [0.29, 0.717) is 6.42 Å². The van der Waals surface area contributed by atoms with Crippen molar-refractivity contribution < 1.29 is 9.53 Å². The van der Waals surface area contributed by atoms with Gasteiger partial charge in [0.2, 0.25) is 5.91 Å². The Morgan fingerprint density at radius 2 is 2.43 bits per heavy atom. The van der Waals surface area contributed by atoms with Crippen LogP contribution in [0.2, 0.25) is 0 Å². The lowest BCUT2D eigenvalue weighted by molar-refractivity contribution is -0.122. The Morgan fingerprint density at radius 3 is 3.13 bits per heavy atom. The van der Waals surface area contributed by atoms with Crippen molar-refractivity contribution in [3.8, 4) is 0 Å². The molecule has 1 saturated heterocycles. The van der Waals surface area contributed by atoms with E-state index in [1.807, 2.05) is 18.3 Å². The van der Waals surface area contributed by atoms with Gasteiger partial charge in [0.15, 0.2) is 0 Å². The first-order chi connectivity index (χ1) is 11.3. The Bertz CT molecular complexity index is 595. The molecule has 1 N–H and O–H groups in total. The summed E-state index contributed by atoms with van der Waals surface area (Å²) < 4.78 is 5.59. The number of carbonyl (C=O) groups is 1. The van der Waals surface area contributed by atoms with Crippen molar-refractivity contribution in [3.05, 3.63) is 52.5 Å². The fraction of sp³-hybridized carbons (Fsp3) is 0.444. The Hall–Kier alpha value is -1.72. The maximum absolute atomic E-state index is 12.3. The van der Waals surface area contributed by atoms with E-state index in [1.165, 1.54) is 5.56 Å². The van der Waals surface area contributed by atoms with E-state index < -0.39 is 0 Å². The largest absolute Gasteiger partial charge is 0.378 e. The SMILES string of the molecule is O=C(CC[C@H]1CCCO1)N[C@@H](Cc1ccsc1)c1cccnc1. The number of pyridine rings is 1. The molecule has 0 unspecified atom stereocenters. The summed E-state index contributed by atoms with van der Waals surface area (Å²) in [6.45, 7) is 0.836. The van der Waals surface area contributed by atoms with Gasteiger partial charge in [-0.05, 0) is 59.7 Å². The van der Waals surface area contributed by atoms with Gasteiger partial charge in [-0.3, -0.25) is 9.78 Å². The first-order valence-electron chi connectivity index (χ1n) is 8.13.